The summed E-state index contributed by atoms with van der Waals surface area (Å²) in [5, 5.41) is 25.0. The fourth-order valence-electron chi connectivity index (χ4n) is 2.49. The van der Waals surface area contributed by atoms with E-state index in [1.165, 1.54) is 19.1 Å². The summed E-state index contributed by atoms with van der Waals surface area (Å²) in [4.78, 5) is 25.2. The van der Waals surface area contributed by atoms with Crippen molar-refractivity contribution in [2.45, 2.75) is 13.0 Å². The molecule has 8 nitrogen and oxygen atoms in total. The topological polar surface area (TPSA) is 110 Å². The molecule has 1 aliphatic heterocycles. The van der Waals surface area contributed by atoms with Crippen LogP contribution in [0.4, 0.5) is 11.4 Å². The van der Waals surface area contributed by atoms with Gasteiger partial charge in [0, 0.05) is 10.6 Å². The molecule has 1 unspecified atom stereocenters. The molecule has 0 radical (unpaired) electrons. The van der Waals surface area contributed by atoms with Crippen LogP contribution in [0.2, 0.25) is 15.1 Å². The van der Waals surface area contributed by atoms with Gasteiger partial charge in [0.2, 0.25) is 6.04 Å². The summed E-state index contributed by atoms with van der Waals surface area (Å²) in [6, 6.07) is 9.79. The molecule has 0 bridgehead atoms. The maximum Gasteiger partial charge on any atom is 0.282 e. The van der Waals surface area contributed by atoms with Crippen molar-refractivity contribution < 1.29 is 9.59 Å². The summed E-state index contributed by atoms with van der Waals surface area (Å²) in [5.74, 6) is -1.25. The van der Waals surface area contributed by atoms with E-state index >= 15 is 0 Å². The molecule has 1 N–H and O–H groups in total. The highest BCUT2D eigenvalue weighted by Crippen LogP contribution is 2.38. The van der Waals surface area contributed by atoms with Crippen molar-refractivity contribution in [3.05, 3.63) is 69.2 Å². The molecule has 2 amide bonds. The van der Waals surface area contributed by atoms with Crippen LogP contribution < -0.4 is 10.3 Å². The molecule has 0 aromatic heterocycles. The van der Waals surface area contributed by atoms with E-state index in [0.29, 0.717) is 11.3 Å². The Labute approximate surface area is 192 Å². The highest BCUT2D eigenvalue weighted by Gasteiger charge is 2.40. The van der Waals surface area contributed by atoms with Crippen molar-refractivity contribution in [2.75, 3.05) is 5.01 Å². The van der Waals surface area contributed by atoms with E-state index in [9.17, 15) is 9.59 Å². The molecule has 156 valence electrons. The van der Waals surface area contributed by atoms with E-state index in [4.69, 9.17) is 40.1 Å². The van der Waals surface area contributed by atoms with Crippen LogP contribution in [0.5, 0.6) is 0 Å². The highest BCUT2D eigenvalue weighted by atomic mass is 35.5. The number of carbonyl (C=O) groups excluding carboxylic acids is 2. The van der Waals surface area contributed by atoms with Gasteiger partial charge in [0.15, 0.2) is 5.84 Å². The smallest absolute Gasteiger partial charge is 0.282 e. The lowest BCUT2D eigenvalue weighted by Gasteiger charge is -2.15. The van der Waals surface area contributed by atoms with Crippen molar-refractivity contribution in [3.63, 3.8) is 0 Å². The third-order valence-corrected chi connectivity index (χ3v) is 4.81. The molecule has 1 heterocycles. The molecule has 31 heavy (non-hydrogen) atoms. The van der Waals surface area contributed by atoms with E-state index in [0.717, 1.165) is 5.01 Å². The number of halogens is 3. The van der Waals surface area contributed by atoms with Crippen molar-refractivity contribution >= 4 is 63.8 Å². The second kappa shape index (κ2) is 9.27. The second-order valence-electron chi connectivity index (χ2n) is 6.36. The first-order chi connectivity index (χ1) is 14.7. The van der Waals surface area contributed by atoms with Gasteiger partial charge in [0.1, 0.15) is 5.69 Å². The van der Waals surface area contributed by atoms with Crippen molar-refractivity contribution in [2.24, 2.45) is 15.3 Å². The largest absolute Gasteiger partial charge is 0.307 e. The molecule has 0 aliphatic carbocycles. The fraction of sp³-hybridized carbons (Fsp3) is 0.100. The van der Waals surface area contributed by atoms with Gasteiger partial charge in [0.25, 0.3) is 11.8 Å². The molecule has 0 saturated carbocycles. The first-order valence-electron chi connectivity index (χ1n) is 8.66. The predicted octanol–water partition coefficient (Wildman–Crippen LogP) is 5.02. The quantitative estimate of drug-likeness (QED) is 0.495. The molecule has 0 saturated heterocycles. The van der Waals surface area contributed by atoms with Gasteiger partial charge < -0.3 is 5.32 Å². The lowest BCUT2D eigenvalue weighted by molar-refractivity contribution is -0.117. The van der Waals surface area contributed by atoms with Gasteiger partial charge in [-0.05, 0) is 43.3 Å². The monoisotopic (exact) mass is 474 g/mol. The number of nitrogens with one attached hydrogen (secondary N) is 1. The summed E-state index contributed by atoms with van der Waals surface area (Å²) >= 11 is 18.4. The molecule has 3 rings (SSSR count). The number of hydrazone groups is 1. The Bertz CT molecular complexity index is 1160. The normalized spacial score (nSPS) is 15.7. The summed E-state index contributed by atoms with van der Waals surface area (Å²) in [5.41, 5.74) is 1.15. The highest BCUT2D eigenvalue weighted by molar-refractivity contribution is 6.43. The van der Waals surface area contributed by atoms with Crippen LogP contribution in [0.3, 0.4) is 0 Å². The zero-order valence-electron chi connectivity index (χ0n) is 15.9. The maximum absolute atomic E-state index is 13.1. The van der Waals surface area contributed by atoms with E-state index in [2.05, 4.69) is 27.2 Å². The van der Waals surface area contributed by atoms with Crippen LogP contribution in [0.15, 0.2) is 63.9 Å². The first-order valence-corrected chi connectivity index (χ1v) is 9.79. The van der Waals surface area contributed by atoms with Crippen molar-refractivity contribution in [3.8, 4) is 6.07 Å². The van der Waals surface area contributed by atoms with Gasteiger partial charge in [-0.2, -0.15) is 20.5 Å². The van der Waals surface area contributed by atoms with Gasteiger partial charge in [-0.3, -0.25) is 9.59 Å². The van der Waals surface area contributed by atoms with Crippen molar-refractivity contribution in [1.82, 2.24) is 5.32 Å². The molecule has 1 atom stereocenters. The molecule has 0 spiro atoms. The number of anilines is 1. The number of amides is 2. The molecule has 11 heteroatoms. The number of azo groups is 1. The van der Waals surface area contributed by atoms with E-state index in [-0.39, 0.29) is 32.2 Å². The third-order valence-electron chi connectivity index (χ3n) is 4.02. The zero-order valence-corrected chi connectivity index (χ0v) is 18.2. The Kier molecular flexibility index (Phi) is 6.71. The van der Waals surface area contributed by atoms with Crippen LogP contribution in [0.25, 0.3) is 0 Å². The van der Waals surface area contributed by atoms with E-state index in [1.54, 1.807) is 24.3 Å². The van der Waals surface area contributed by atoms with E-state index < -0.39 is 17.9 Å². The minimum absolute atomic E-state index is 0.0718. The fourth-order valence-corrected chi connectivity index (χ4v) is 3.47. The molecule has 0 fully saturated rings. The number of nitrogens with zero attached hydrogens (tertiary/aromatic N) is 5. The number of nitriles is 1. The Balaban J connectivity index is 1.99. The number of hydrogen-bond acceptors (Lipinski definition) is 6. The molecule has 2 aromatic rings. The number of benzene rings is 2. The average molecular weight is 476 g/mol. The molecule has 2 aromatic carbocycles. The first kappa shape index (κ1) is 22.4. The standard InChI is InChI=1S/C20H13Cl3N6O2/c1-10(2)19(30)25-18-16(27-26-13-5-3-11(9-24)4-6-13)20(31)29(28-18)17-14(22)7-12(21)8-15(17)23/h3-8,16H,1H2,2H3,(H,25,28,30). The number of amidine groups is 1. The van der Waals surface area contributed by atoms with Crippen LogP contribution >= 0.6 is 34.8 Å². The lowest BCUT2D eigenvalue weighted by Crippen LogP contribution is -2.39. The van der Waals surface area contributed by atoms with Crippen LogP contribution in [-0.4, -0.2) is 23.7 Å². The summed E-state index contributed by atoms with van der Waals surface area (Å²) < 4.78 is 0. The van der Waals surface area contributed by atoms with E-state index in [1.807, 2.05) is 6.07 Å². The van der Waals surface area contributed by atoms with Crippen LogP contribution in [-0.2, 0) is 9.59 Å². The predicted molar refractivity (Wildman–Crippen MR) is 119 cm³/mol. The summed E-state index contributed by atoms with van der Waals surface area (Å²) in [7, 11) is 0. The van der Waals surface area contributed by atoms with Gasteiger partial charge in [0.05, 0.1) is 27.4 Å². The van der Waals surface area contributed by atoms with Gasteiger partial charge in [-0.1, -0.05) is 41.4 Å². The van der Waals surface area contributed by atoms with Gasteiger partial charge in [-0.25, -0.2) is 0 Å². The summed E-state index contributed by atoms with van der Waals surface area (Å²) in [6.45, 7) is 5.07. The summed E-state index contributed by atoms with van der Waals surface area (Å²) in [6.07, 6.45) is 0. The Morgan fingerprint density at radius 3 is 2.39 bits per heavy atom. The Hall–Kier alpha value is -3.25. The van der Waals surface area contributed by atoms with Gasteiger partial charge >= 0.3 is 0 Å². The number of rotatable bonds is 4. The van der Waals surface area contributed by atoms with Crippen LogP contribution in [0.1, 0.15) is 12.5 Å². The average Bonchev–Trinajstić information content (AvgIpc) is 3.01. The Morgan fingerprint density at radius 1 is 1.23 bits per heavy atom. The molecular weight excluding hydrogens is 463 g/mol. The maximum atomic E-state index is 13.1. The van der Waals surface area contributed by atoms with Crippen molar-refractivity contribution in [1.29, 1.82) is 5.26 Å². The molecular formula is C20H13Cl3N6O2. The Morgan fingerprint density at radius 2 is 1.84 bits per heavy atom. The lowest BCUT2D eigenvalue weighted by atomic mass is 10.2. The minimum atomic E-state index is -1.26. The van der Waals surface area contributed by atoms with Gasteiger partial charge in [-0.15, -0.1) is 5.10 Å². The zero-order chi connectivity index (χ0) is 22.7. The SMILES string of the molecule is C=C(C)C(=O)NC1=NN(c2c(Cl)cc(Cl)cc2Cl)C(=O)C1N=Nc1ccc(C#N)cc1. The van der Waals surface area contributed by atoms with Crippen LogP contribution in [0, 0.1) is 11.3 Å². The third kappa shape index (κ3) is 4.91. The molecule has 1 aliphatic rings. The number of hydrogen-bond donors (Lipinski definition) is 1. The minimum Gasteiger partial charge on any atom is -0.307 e. The number of carbonyl (C=O) groups is 2. The second-order valence-corrected chi connectivity index (χ2v) is 7.62.